The van der Waals surface area contributed by atoms with Crippen LogP contribution in [0, 0.1) is 12.0 Å². The molecule has 4 N–H and O–H groups in total. The van der Waals surface area contributed by atoms with Gasteiger partial charge in [0.1, 0.15) is 30.4 Å². The number of aryl methyl sites for hydroxylation is 2. The number of methoxy groups -OCH3 is 1. The van der Waals surface area contributed by atoms with Gasteiger partial charge in [0.25, 0.3) is 0 Å². The predicted octanol–water partition coefficient (Wildman–Crippen LogP) is 9.60. The second-order valence-corrected chi connectivity index (χ2v) is 14.3. The van der Waals surface area contributed by atoms with Crippen LogP contribution in [0.3, 0.4) is 0 Å². The average Bonchev–Trinajstić information content (AvgIpc) is 3.18. The Bertz CT molecular complexity index is 1940. The quantitative estimate of drug-likeness (QED) is 0.0512. The lowest BCUT2D eigenvalue weighted by molar-refractivity contribution is -0.121. The molecule has 6 rings (SSSR count). The first kappa shape index (κ1) is 40.0. The van der Waals surface area contributed by atoms with E-state index < -0.39 is 0 Å². The van der Waals surface area contributed by atoms with Crippen LogP contribution in [0.4, 0.5) is 5.69 Å². The number of nitrogens with two attached hydrogens (primary N) is 1. The van der Waals surface area contributed by atoms with Gasteiger partial charge in [-0.2, -0.15) is 0 Å². The summed E-state index contributed by atoms with van der Waals surface area (Å²) in [5, 5.41) is 16.0. The summed E-state index contributed by atoms with van der Waals surface area (Å²) in [4.78, 5) is 17.4. The topological polar surface area (TPSA) is 115 Å². The molecule has 1 atom stereocenters. The molecule has 8 heteroatoms. The van der Waals surface area contributed by atoms with Crippen LogP contribution in [0.5, 0.6) is 17.2 Å². The Kier molecular flexibility index (Phi) is 15.5. The monoisotopic (exact) mass is 731 g/mol. The molecule has 0 aliphatic carbocycles. The summed E-state index contributed by atoms with van der Waals surface area (Å²) in [6, 6.07) is 22.0. The summed E-state index contributed by atoms with van der Waals surface area (Å²) in [5.74, 6) is 5.20. The van der Waals surface area contributed by atoms with Gasteiger partial charge in [0, 0.05) is 37.6 Å². The number of aromatic hydroxyl groups is 1. The molecule has 0 fully saturated rings. The van der Waals surface area contributed by atoms with E-state index in [0.717, 1.165) is 90.9 Å². The molecule has 0 spiro atoms. The second-order valence-electron chi connectivity index (χ2n) is 14.3. The van der Waals surface area contributed by atoms with Gasteiger partial charge in [0.2, 0.25) is 0 Å². The van der Waals surface area contributed by atoms with E-state index in [9.17, 15) is 9.90 Å². The number of rotatable bonds is 14. The molecular weight excluding hydrogens is 675 g/mol. The van der Waals surface area contributed by atoms with Crippen molar-refractivity contribution in [1.29, 1.82) is 0 Å². The Balaban J connectivity index is 1.21. The smallest absolute Gasteiger partial charge is 0.192 e. The first-order valence-electron chi connectivity index (χ1n) is 19.7. The van der Waals surface area contributed by atoms with Gasteiger partial charge >= 0.3 is 0 Å². The number of carbonyl (C=O) groups excluding carboxylic acids is 1. The molecule has 0 amide bonds. The van der Waals surface area contributed by atoms with Crippen molar-refractivity contribution in [3.63, 3.8) is 0 Å². The molecule has 0 radical (unpaired) electrons. The van der Waals surface area contributed by atoms with Crippen molar-refractivity contribution in [2.75, 3.05) is 19.5 Å². The number of anilines is 1. The predicted molar refractivity (Wildman–Crippen MR) is 219 cm³/mol. The number of ether oxygens (including phenoxy) is 3. The number of hydrogen-bond acceptors (Lipinski definition) is 6. The van der Waals surface area contributed by atoms with E-state index in [4.69, 9.17) is 19.9 Å². The second kappa shape index (κ2) is 20.9. The van der Waals surface area contributed by atoms with Gasteiger partial charge in [-0.25, -0.2) is 0 Å². The number of guanidine groups is 1. The van der Waals surface area contributed by atoms with Crippen molar-refractivity contribution < 1.29 is 24.1 Å². The minimum atomic E-state index is -0.287. The molecule has 0 saturated carbocycles. The number of phenols is 1. The molecule has 54 heavy (non-hydrogen) atoms. The number of fused-ring (bicyclic) bond motifs is 9. The van der Waals surface area contributed by atoms with Crippen molar-refractivity contribution in [3.05, 3.63) is 94.5 Å². The van der Waals surface area contributed by atoms with E-state index in [1.54, 1.807) is 20.2 Å². The number of aliphatic imine (C=N–C) groups is 1. The fourth-order valence-electron chi connectivity index (χ4n) is 7.19. The molecule has 8 nitrogen and oxygen atoms in total. The Morgan fingerprint density at radius 2 is 1.78 bits per heavy atom. The molecule has 2 heterocycles. The lowest BCUT2D eigenvalue weighted by Gasteiger charge is -2.16. The van der Waals surface area contributed by atoms with Crippen molar-refractivity contribution >= 4 is 28.2 Å². The van der Waals surface area contributed by atoms with Crippen molar-refractivity contribution in [2.24, 2.45) is 10.7 Å². The Morgan fingerprint density at radius 3 is 2.61 bits per heavy atom. The van der Waals surface area contributed by atoms with E-state index >= 15 is 0 Å². The third kappa shape index (κ3) is 11.7. The highest BCUT2D eigenvalue weighted by molar-refractivity contribution is 5.93. The van der Waals surface area contributed by atoms with Crippen LogP contribution in [-0.4, -0.2) is 37.1 Å². The van der Waals surface area contributed by atoms with Crippen LogP contribution < -0.4 is 20.5 Å². The highest BCUT2D eigenvalue weighted by atomic mass is 16.5. The summed E-state index contributed by atoms with van der Waals surface area (Å²) in [6.45, 7) is 2.59. The van der Waals surface area contributed by atoms with Crippen molar-refractivity contribution in [1.82, 2.24) is 0 Å². The molecule has 4 aromatic carbocycles. The average molecular weight is 732 g/mol. The first-order valence-corrected chi connectivity index (χ1v) is 19.7. The first-order chi connectivity index (χ1) is 26.4. The number of phenolic OH excluding ortho intramolecular Hbond substituents is 1. The number of benzene rings is 4. The van der Waals surface area contributed by atoms with Gasteiger partial charge in [-0.05, 0) is 108 Å². The molecule has 0 unspecified atom stereocenters. The lowest BCUT2D eigenvalue weighted by atomic mass is 9.95. The van der Waals surface area contributed by atoms with E-state index in [-0.39, 0.29) is 17.6 Å². The van der Waals surface area contributed by atoms with E-state index in [2.05, 4.69) is 53.5 Å². The Morgan fingerprint density at radius 1 is 0.963 bits per heavy atom. The number of ketones is 1. The number of Topliss-reactive ketones (excluding diaryl/α,β-unsaturated/α-hetero) is 1. The van der Waals surface area contributed by atoms with Crippen LogP contribution in [0.1, 0.15) is 105 Å². The zero-order chi connectivity index (χ0) is 38.1. The van der Waals surface area contributed by atoms with E-state index in [0.29, 0.717) is 49.7 Å². The van der Waals surface area contributed by atoms with Gasteiger partial charge in [-0.15, -0.1) is 0 Å². The highest BCUT2D eigenvalue weighted by Gasteiger charge is 2.17. The van der Waals surface area contributed by atoms with Gasteiger partial charge in [-0.3, -0.25) is 9.79 Å². The third-order valence-corrected chi connectivity index (χ3v) is 10.3. The lowest BCUT2D eigenvalue weighted by Crippen LogP contribution is -2.23. The van der Waals surface area contributed by atoms with Gasteiger partial charge in [-0.1, -0.05) is 81.3 Å². The number of nitrogens with one attached hydrogen (secondary N) is 1. The minimum Gasteiger partial charge on any atom is -0.508 e. The molecular formula is C46H57N3O5. The highest BCUT2D eigenvalue weighted by Crippen LogP contribution is 2.32. The molecule has 0 aromatic heterocycles. The summed E-state index contributed by atoms with van der Waals surface area (Å²) in [6.07, 6.45) is 16.1. The maximum atomic E-state index is 13.3. The van der Waals surface area contributed by atoms with Gasteiger partial charge in [0.05, 0.1) is 7.11 Å². The molecule has 2 aliphatic rings. The number of nitrogens with zero attached hydrogens (tertiary/aromatic N) is 1. The maximum absolute atomic E-state index is 13.3. The molecule has 0 saturated heterocycles. The standard InChI is InChI=1S/C46H57N3O5/c1-4-5-9-17-40-35(15-12-19-42(40)49-46(47)48-2)14-10-7-6-8-11-16-38-31-37(50)24-20-33-22-27-44(52-3)45(30-33)54-32-34-21-25-39-36(29-34)23-26-43(51)41(39)18-13-28-53-38/h12,15,19,21-23,25-27,29-30,38,51H,4-11,14,16-18,20,24,31-32H2,1-3H3,(H3,47,48,49)/t38-/m1/s1. The fraction of sp³-hybridized carbons (Fsp3) is 0.435. The van der Waals surface area contributed by atoms with Crippen LogP contribution in [0.15, 0.2) is 71.7 Å². The maximum Gasteiger partial charge on any atom is 0.192 e. The van der Waals surface area contributed by atoms with Gasteiger partial charge < -0.3 is 30.4 Å². The molecule has 2 aliphatic heterocycles. The largest absolute Gasteiger partial charge is 0.508 e. The van der Waals surface area contributed by atoms with E-state index in [1.807, 2.05) is 36.4 Å². The normalized spacial score (nSPS) is 15.1. The van der Waals surface area contributed by atoms with Crippen LogP contribution in [-0.2, 0) is 41.8 Å². The van der Waals surface area contributed by atoms with Crippen LogP contribution in [0.25, 0.3) is 10.8 Å². The summed E-state index contributed by atoms with van der Waals surface area (Å²) < 4.78 is 17.9. The summed E-state index contributed by atoms with van der Waals surface area (Å²) in [7, 11) is 3.33. The Hall–Kier alpha value is -5.16. The summed E-state index contributed by atoms with van der Waals surface area (Å²) >= 11 is 0. The molecule has 6 bridgehead atoms. The zero-order valence-electron chi connectivity index (χ0n) is 32.3. The summed E-state index contributed by atoms with van der Waals surface area (Å²) in [5.41, 5.74) is 12.6. The minimum absolute atomic E-state index is 0.149. The zero-order valence-corrected chi connectivity index (χ0v) is 32.3. The van der Waals surface area contributed by atoms with Crippen molar-refractivity contribution in [2.45, 2.75) is 116 Å². The van der Waals surface area contributed by atoms with E-state index in [1.165, 1.54) is 24.0 Å². The van der Waals surface area contributed by atoms with Crippen molar-refractivity contribution in [3.8, 4) is 29.3 Å². The SMILES string of the molecule is CCCCCc1c(CCCCCCC[C@@H]2CC(=O)CCc3ccc(OC)c(c3)OCc3ccc4c(c(O)ccc4c3)CC#CO2)cccc1NC(N)=NC. The molecule has 286 valence electrons. The number of hydrogen-bond donors (Lipinski definition) is 3. The number of unbranched alkanes of at least 4 members (excludes halogenated alkanes) is 6. The van der Waals surface area contributed by atoms with Crippen LogP contribution in [0.2, 0.25) is 0 Å². The third-order valence-electron chi connectivity index (χ3n) is 10.3. The van der Waals surface area contributed by atoms with Gasteiger partial charge in [0.15, 0.2) is 17.5 Å². The number of carbonyl (C=O) groups is 1. The molecule has 4 aromatic rings. The fourth-order valence-corrected chi connectivity index (χ4v) is 7.19. The Labute approximate surface area is 321 Å². The van der Waals surface area contributed by atoms with Crippen LogP contribution >= 0.6 is 0 Å².